The molecule has 5 nitrogen and oxygen atoms in total. The number of carbonyl (C=O) groups is 2. The minimum absolute atomic E-state index is 0.129. The van der Waals surface area contributed by atoms with Gasteiger partial charge in [-0.25, -0.2) is 31.5 Å². The Morgan fingerprint density at radius 2 is 1.31 bits per heavy atom. The molecule has 1 aliphatic rings. The van der Waals surface area contributed by atoms with Crippen molar-refractivity contribution in [3.63, 3.8) is 0 Å². The summed E-state index contributed by atoms with van der Waals surface area (Å²) in [5.74, 6) is -12.3. The van der Waals surface area contributed by atoms with E-state index in [0.717, 1.165) is 29.4 Å². The number of fused-ring (bicyclic) bond motifs is 3. The van der Waals surface area contributed by atoms with Gasteiger partial charge in [0.15, 0.2) is 23.3 Å². The van der Waals surface area contributed by atoms with E-state index < -0.39 is 59.2 Å². The maximum Gasteiger partial charge on any atom is 0.407 e. The van der Waals surface area contributed by atoms with Gasteiger partial charge in [0.1, 0.15) is 12.6 Å². The predicted molar refractivity (Wildman–Crippen MR) is 114 cm³/mol. The standard InChI is InChI=1S/C25H18F5NO4/c1-34-24(32)18(10-16-19(26)21(28)23(30)22(29)20(16)27)31-25(33)35-11-17-14-8-4-2-6-12(14)13-7-3-5-9-15(13)17/h2-9,17-18H,10-11H2,1H3,(H,31,33)/t18-/m0/s1. The Balaban J connectivity index is 1.51. The molecule has 1 aliphatic carbocycles. The van der Waals surface area contributed by atoms with Crippen molar-refractivity contribution in [1.29, 1.82) is 0 Å². The molecule has 0 saturated carbocycles. The van der Waals surface area contributed by atoms with E-state index in [2.05, 4.69) is 10.1 Å². The SMILES string of the molecule is COC(=O)[C@H](Cc1c(F)c(F)c(F)c(F)c1F)NC(=O)OCC1c2ccccc2-c2ccccc21. The number of nitrogens with one attached hydrogen (secondary N) is 1. The normalized spacial score (nSPS) is 13.1. The number of ether oxygens (including phenoxy) is 2. The van der Waals surface area contributed by atoms with Crippen molar-refractivity contribution in [3.8, 4) is 11.1 Å². The number of halogens is 5. The fraction of sp³-hybridized carbons (Fsp3) is 0.200. The van der Waals surface area contributed by atoms with Gasteiger partial charge in [-0.3, -0.25) is 0 Å². The second kappa shape index (κ2) is 9.73. The summed E-state index contributed by atoms with van der Waals surface area (Å²) in [4.78, 5) is 24.6. The number of benzene rings is 3. The molecule has 35 heavy (non-hydrogen) atoms. The molecule has 0 unspecified atom stereocenters. The second-order valence-electron chi connectivity index (χ2n) is 7.80. The number of rotatable bonds is 6. The highest BCUT2D eigenvalue weighted by molar-refractivity contribution is 5.82. The first kappa shape index (κ1) is 24.2. The quantitative estimate of drug-likeness (QED) is 0.228. The van der Waals surface area contributed by atoms with E-state index in [4.69, 9.17) is 4.74 Å². The lowest BCUT2D eigenvalue weighted by molar-refractivity contribution is -0.143. The Morgan fingerprint density at radius 1 is 0.829 bits per heavy atom. The van der Waals surface area contributed by atoms with Gasteiger partial charge in [0.2, 0.25) is 5.82 Å². The molecule has 0 saturated heterocycles. The minimum Gasteiger partial charge on any atom is -0.467 e. The van der Waals surface area contributed by atoms with Gasteiger partial charge in [-0.2, -0.15) is 0 Å². The summed E-state index contributed by atoms with van der Waals surface area (Å²) in [6.07, 6.45) is -2.19. The molecule has 0 radical (unpaired) electrons. The first-order valence-corrected chi connectivity index (χ1v) is 10.4. The fourth-order valence-electron chi connectivity index (χ4n) is 4.15. The lowest BCUT2D eigenvalue weighted by Crippen LogP contribution is -2.44. The third-order valence-electron chi connectivity index (χ3n) is 5.83. The van der Waals surface area contributed by atoms with Crippen molar-refractivity contribution in [2.24, 2.45) is 0 Å². The maximum atomic E-state index is 14.1. The summed E-state index contributed by atoms with van der Waals surface area (Å²) in [6.45, 7) is -0.129. The van der Waals surface area contributed by atoms with E-state index >= 15 is 0 Å². The lowest BCUT2D eigenvalue weighted by atomic mass is 9.98. The Morgan fingerprint density at radius 3 is 1.83 bits per heavy atom. The Hall–Kier alpha value is -3.95. The number of alkyl carbamates (subject to hydrolysis) is 1. The van der Waals surface area contributed by atoms with Crippen LogP contribution in [0.2, 0.25) is 0 Å². The first-order valence-electron chi connectivity index (χ1n) is 10.4. The van der Waals surface area contributed by atoms with E-state index in [-0.39, 0.29) is 12.5 Å². The molecular formula is C25H18F5NO4. The molecule has 3 aromatic carbocycles. The molecule has 0 aliphatic heterocycles. The molecule has 1 atom stereocenters. The zero-order valence-corrected chi connectivity index (χ0v) is 18.2. The largest absolute Gasteiger partial charge is 0.467 e. The van der Waals surface area contributed by atoms with Crippen LogP contribution in [0.15, 0.2) is 48.5 Å². The van der Waals surface area contributed by atoms with Crippen LogP contribution in [0.3, 0.4) is 0 Å². The highest BCUT2D eigenvalue weighted by Crippen LogP contribution is 2.44. The molecule has 0 bridgehead atoms. The van der Waals surface area contributed by atoms with Gasteiger partial charge in [-0.1, -0.05) is 48.5 Å². The molecule has 0 fully saturated rings. The molecule has 0 aromatic heterocycles. The molecular weight excluding hydrogens is 473 g/mol. The molecule has 1 amide bonds. The molecule has 0 heterocycles. The molecule has 0 spiro atoms. The van der Waals surface area contributed by atoms with Crippen LogP contribution in [0.25, 0.3) is 11.1 Å². The van der Waals surface area contributed by atoms with Gasteiger partial charge in [0.25, 0.3) is 0 Å². The van der Waals surface area contributed by atoms with Crippen molar-refractivity contribution in [1.82, 2.24) is 5.32 Å². The summed E-state index contributed by atoms with van der Waals surface area (Å²) < 4.78 is 78.4. The van der Waals surface area contributed by atoms with Gasteiger partial charge < -0.3 is 14.8 Å². The smallest absolute Gasteiger partial charge is 0.407 e. The Bertz CT molecular complexity index is 1240. The van der Waals surface area contributed by atoms with E-state index in [9.17, 15) is 31.5 Å². The number of amides is 1. The summed E-state index contributed by atoms with van der Waals surface area (Å²) in [7, 11) is 0.938. The zero-order valence-electron chi connectivity index (χ0n) is 18.2. The van der Waals surface area contributed by atoms with Crippen molar-refractivity contribution in [3.05, 3.63) is 94.3 Å². The maximum absolute atomic E-state index is 14.1. The molecule has 3 aromatic rings. The third-order valence-corrected chi connectivity index (χ3v) is 5.83. The predicted octanol–water partition coefficient (Wildman–Crippen LogP) is 5.00. The molecule has 1 N–H and O–H groups in total. The number of hydrogen-bond acceptors (Lipinski definition) is 4. The second-order valence-corrected chi connectivity index (χ2v) is 7.80. The lowest BCUT2D eigenvalue weighted by Gasteiger charge is -2.19. The van der Waals surface area contributed by atoms with E-state index in [1.54, 1.807) is 0 Å². The van der Waals surface area contributed by atoms with Crippen LogP contribution < -0.4 is 5.32 Å². The van der Waals surface area contributed by atoms with Crippen LogP contribution in [0.1, 0.15) is 22.6 Å². The summed E-state index contributed by atoms with van der Waals surface area (Å²) in [5.41, 5.74) is 2.54. The number of esters is 1. The van der Waals surface area contributed by atoms with Gasteiger partial charge in [-0.15, -0.1) is 0 Å². The molecule has 10 heteroatoms. The van der Waals surface area contributed by atoms with Crippen molar-refractivity contribution in [2.45, 2.75) is 18.4 Å². The highest BCUT2D eigenvalue weighted by atomic mass is 19.2. The van der Waals surface area contributed by atoms with Gasteiger partial charge >= 0.3 is 12.1 Å². The third kappa shape index (κ3) is 4.43. The minimum atomic E-state index is -2.33. The van der Waals surface area contributed by atoms with Gasteiger partial charge in [0.05, 0.1) is 7.11 Å². The van der Waals surface area contributed by atoms with E-state index in [1.165, 1.54) is 0 Å². The summed E-state index contributed by atoms with van der Waals surface area (Å²) in [6, 6.07) is 13.3. The average molecular weight is 491 g/mol. The molecule has 182 valence electrons. The van der Waals surface area contributed by atoms with E-state index in [0.29, 0.717) is 0 Å². The number of carbonyl (C=O) groups excluding carboxylic acids is 2. The van der Waals surface area contributed by atoms with Crippen molar-refractivity contribution in [2.75, 3.05) is 13.7 Å². The van der Waals surface area contributed by atoms with Crippen molar-refractivity contribution >= 4 is 12.1 Å². The summed E-state index contributed by atoms with van der Waals surface area (Å²) >= 11 is 0. The van der Waals surface area contributed by atoms with Crippen LogP contribution in [-0.2, 0) is 20.7 Å². The van der Waals surface area contributed by atoms with Gasteiger partial charge in [0, 0.05) is 17.9 Å². The topological polar surface area (TPSA) is 64.6 Å². The fourth-order valence-corrected chi connectivity index (χ4v) is 4.15. The Kier molecular flexibility index (Phi) is 6.72. The van der Waals surface area contributed by atoms with E-state index in [1.807, 2.05) is 48.5 Å². The van der Waals surface area contributed by atoms with Crippen LogP contribution >= 0.6 is 0 Å². The van der Waals surface area contributed by atoms with Crippen LogP contribution in [0.5, 0.6) is 0 Å². The van der Waals surface area contributed by atoms with Crippen LogP contribution in [0.4, 0.5) is 26.7 Å². The van der Waals surface area contributed by atoms with Crippen LogP contribution in [-0.4, -0.2) is 31.8 Å². The first-order chi connectivity index (χ1) is 16.7. The Labute approximate surface area is 196 Å². The number of hydrogen-bond donors (Lipinski definition) is 1. The highest BCUT2D eigenvalue weighted by Gasteiger charge is 2.32. The zero-order chi connectivity index (χ0) is 25.3. The summed E-state index contributed by atoms with van der Waals surface area (Å²) in [5, 5.41) is 2.09. The van der Waals surface area contributed by atoms with Gasteiger partial charge in [-0.05, 0) is 22.3 Å². The van der Waals surface area contributed by atoms with Crippen molar-refractivity contribution < 1.29 is 41.0 Å². The average Bonchev–Trinajstić information content (AvgIpc) is 3.20. The monoisotopic (exact) mass is 491 g/mol. The number of methoxy groups -OCH3 is 1. The molecule has 4 rings (SSSR count). The van der Waals surface area contributed by atoms with Crippen LogP contribution in [0, 0.1) is 29.1 Å².